The normalized spacial score (nSPS) is 11.1. The van der Waals surface area contributed by atoms with Crippen molar-refractivity contribution in [3.63, 3.8) is 0 Å². The highest BCUT2D eigenvalue weighted by molar-refractivity contribution is 7.98. The molecule has 0 aromatic heterocycles. The van der Waals surface area contributed by atoms with E-state index >= 15 is 0 Å². The third-order valence-electron chi connectivity index (χ3n) is 5.72. The van der Waals surface area contributed by atoms with E-state index in [1.807, 2.05) is 56.3 Å². The number of aryl methyl sites for hydroxylation is 1. The molecule has 0 fully saturated rings. The summed E-state index contributed by atoms with van der Waals surface area (Å²) in [6.07, 6.45) is 0. The van der Waals surface area contributed by atoms with Gasteiger partial charge in [0.2, 0.25) is 5.91 Å². The summed E-state index contributed by atoms with van der Waals surface area (Å²) in [6.45, 7) is 3.88. The first-order valence-electron chi connectivity index (χ1n) is 12.2. The first kappa shape index (κ1) is 27.3. The molecular weight excluding hydrogens is 516 g/mol. The first-order chi connectivity index (χ1) is 18.3. The van der Waals surface area contributed by atoms with Crippen LogP contribution in [0.3, 0.4) is 0 Å². The minimum Gasteiger partial charge on any atom is -0.494 e. The van der Waals surface area contributed by atoms with Crippen molar-refractivity contribution in [2.24, 2.45) is 0 Å². The van der Waals surface area contributed by atoms with E-state index in [-0.39, 0.29) is 11.4 Å². The lowest BCUT2D eigenvalue weighted by Crippen LogP contribution is -2.38. The summed E-state index contributed by atoms with van der Waals surface area (Å²) in [4.78, 5) is 14.4. The van der Waals surface area contributed by atoms with Crippen LogP contribution in [0.4, 0.5) is 11.4 Å². The second-order valence-electron chi connectivity index (χ2n) is 8.60. The van der Waals surface area contributed by atoms with Crippen LogP contribution in [0.25, 0.3) is 0 Å². The molecule has 0 aliphatic rings. The maximum Gasteiger partial charge on any atom is 0.264 e. The SMILES string of the molecule is CCOc1ccc(N(CC(=O)Nc2ccc(CSc3ccccc3)cc2)S(=O)(=O)c2ccc(C)cc2)cc1. The number of carbonyl (C=O) groups excluding carboxylic acids is 1. The predicted octanol–water partition coefficient (Wildman–Crippen LogP) is 6.52. The molecule has 0 aliphatic carbocycles. The fourth-order valence-corrected chi connectivity index (χ4v) is 6.02. The standard InChI is InChI=1S/C30H30N2O4S2/c1-3-36-27-17-15-26(16-18-27)32(38(34,35)29-19-9-23(2)10-20-29)21-30(33)31-25-13-11-24(12-14-25)22-37-28-7-5-4-6-8-28/h4-20H,3,21-22H2,1-2H3,(H,31,33). The van der Waals surface area contributed by atoms with E-state index in [1.165, 1.54) is 4.90 Å². The molecule has 38 heavy (non-hydrogen) atoms. The van der Waals surface area contributed by atoms with Crippen molar-refractivity contribution in [2.75, 3.05) is 22.8 Å². The molecule has 4 aromatic carbocycles. The summed E-state index contributed by atoms with van der Waals surface area (Å²) in [6, 6.07) is 31.0. The van der Waals surface area contributed by atoms with Gasteiger partial charge in [0.25, 0.3) is 10.0 Å². The van der Waals surface area contributed by atoms with Gasteiger partial charge >= 0.3 is 0 Å². The minimum absolute atomic E-state index is 0.116. The zero-order valence-corrected chi connectivity index (χ0v) is 23.0. The lowest BCUT2D eigenvalue weighted by Gasteiger charge is -2.24. The largest absolute Gasteiger partial charge is 0.494 e. The predicted molar refractivity (Wildman–Crippen MR) is 154 cm³/mol. The second-order valence-corrected chi connectivity index (χ2v) is 11.5. The molecule has 0 spiro atoms. The number of sulfonamides is 1. The number of ether oxygens (including phenoxy) is 1. The van der Waals surface area contributed by atoms with E-state index < -0.39 is 15.9 Å². The van der Waals surface area contributed by atoms with E-state index in [0.29, 0.717) is 23.7 Å². The number of amides is 1. The van der Waals surface area contributed by atoms with E-state index in [1.54, 1.807) is 60.3 Å². The van der Waals surface area contributed by atoms with E-state index in [0.717, 1.165) is 21.2 Å². The summed E-state index contributed by atoms with van der Waals surface area (Å²) >= 11 is 1.74. The van der Waals surface area contributed by atoms with Crippen molar-refractivity contribution in [3.8, 4) is 5.75 Å². The van der Waals surface area contributed by atoms with Crippen molar-refractivity contribution >= 4 is 39.1 Å². The number of hydrogen-bond acceptors (Lipinski definition) is 5. The average molecular weight is 547 g/mol. The Morgan fingerprint density at radius 1 is 0.868 bits per heavy atom. The number of anilines is 2. The van der Waals surface area contributed by atoms with Crippen molar-refractivity contribution in [1.29, 1.82) is 0 Å². The maximum absolute atomic E-state index is 13.6. The Balaban J connectivity index is 1.49. The van der Waals surface area contributed by atoms with Crippen LogP contribution in [0.1, 0.15) is 18.1 Å². The monoisotopic (exact) mass is 546 g/mol. The average Bonchev–Trinajstić information content (AvgIpc) is 2.93. The Morgan fingerprint density at radius 3 is 2.16 bits per heavy atom. The van der Waals surface area contributed by atoms with Gasteiger partial charge in [-0.15, -0.1) is 11.8 Å². The Bertz CT molecular complexity index is 1440. The van der Waals surface area contributed by atoms with E-state index in [9.17, 15) is 13.2 Å². The Kier molecular flexibility index (Phi) is 9.10. The number of carbonyl (C=O) groups is 1. The van der Waals surface area contributed by atoms with Crippen molar-refractivity contribution < 1.29 is 17.9 Å². The van der Waals surface area contributed by atoms with Crippen LogP contribution < -0.4 is 14.4 Å². The molecule has 0 heterocycles. The Hall–Kier alpha value is -3.75. The molecule has 0 radical (unpaired) electrons. The zero-order valence-electron chi connectivity index (χ0n) is 21.3. The number of nitrogens with one attached hydrogen (secondary N) is 1. The highest BCUT2D eigenvalue weighted by atomic mass is 32.2. The minimum atomic E-state index is -3.99. The van der Waals surface area contributed by atoms with Gasteiger partial charge in [-0.1, -0.05) is 48.0 Å². The van der Waals surface area contributed by atoms with E-state index in [2.05, 4.69) is 17.4 Å². The lowest BCUT2D eigenvalue weighted by atomic mass is 10.2. The molecule has 196 valence electrons. The quantitative estimate of drug-likeness (QED) is 0.217. The van der Waals surface area contributed by atoms with Gasteiger partial charge in [-0.05, 0) is 80.1 Å². The molecule has 1 N–H and O–H groups in total. The third kappa shape index (κ3) is 7.18. The highest BCUT2D eigenvalue weighted by Gasteiger charge is 2.27. The summed E-state index contributed by atoms with van der Waals surface area (Å²) in [7, 11) is -3.99. The molecule has 0 aliphatic heterocycles. The van der Waals surface area contributed by atoms with Crippen LogP contribution >= 0.6 is 11.8 Å². The van der Waals surface area contributed by atoms with Gasteiger partial charge in [-0.3, -0.25) is 9.10 Å². The topological polar surface area (TPSA) is 75.7 Å². The summed E-state index contributed by atoms with van der Waals surface area (Å²) in [5.74, 6) is 0.985. The third-order valence-corrected chi connectivity index (χ3v) is 8.59. The summed E-state index contributed by atoms with van der Waals surface area (Å²) < 4.78 is 33.8. The molecular formula is C30H30N2O4S2. The van der Waals surface area contributed by atoms with Crippen molar-refractivity contribution in [1.82, 2.24) is 0 Å². The van der Waals surface area contributed by atoms with Gasteiger partial charge in [0, 0.05) is 16.3 Å². The van der Waals surface area contributed by atoms with Gasteiger partial charge in [-0.2, -0.15) is 0 Å². The summed E-state index contributed by atoms with van der Waals surface area (Å²) in [5, 5.41) is 2.83. The van der Waals surface area contributed by atoms with Gasteiger partial charge in [0.15, 0.2) is 0 Å². The van der Waals surface area contributed by atoms with Gasteiger partial charge in [0.1, 0.15) is 12.3 Å². The number of rotatable bonds is 11. The van der Waals surface area contributed by atoms with Crippen molar-refractivity contribution in [2.45, 2.75) is 29.4 Å². The zero-order chi connectivity index (χ0) is 27.0. The van der Waals surface area contributed by atoms with Gasteiger partial charge in [0.05, 0.1) is 17.2 Å². The molecule has 4 aromatic rings. The molecule has 4 rings (SSSR count). The van der Waals surface area contributed by atoms with Crippen LogP contribution in [0.15, 0.2) is 113 Å². The molecule has 1 amide bonds. The molecule has 6 nitrogen and oxygen atoms in total. The Morgan fingerprint density at radius 2 is 1.53 bits per heavy atom. The fraction of sp³-hybridized carbons (Fsp3) is 0.167. The van der Waals surface area contributed by atoms with Gasteiger partial charge < -0.3 is 10.1 Å². The number of thioether (sulfide) groups is 1. The Labute approximate surface area is 228 Å². The molecule has 0 bridgehead atoms. The van der Waals surface area contributed by atoms with Crippen LogP contribution in [0, 0.1) is 6.92 Å². The van der Waals surface area contributed by atoms with Crippen LogP contribution in [0.5, 0.6) is 5.75 Å². The second kappa shape index (κ2) is 12.7. The molecule has 0 saturated carbocycles. The van der Waals surface area contributed by atoms with Crippen LogP contribution in [0.2, 0.25) is 0 Å². The fourth-order valence-electron chi connectivity index (χ4n) is 3.73. The van der Waals surface area contributed by atoms with E-state index in [4.69, 9.17) is 4.74 Å². The number of benzene rings is 4. The highest BCUT2D eigenvalue weighted by Crippen LogP contribution is 2.27. The number of nitrogens with zero attached hydrogens (tertiary/aromatic N) is 1. The molecule has 8 heteroatoms. The van der Waals surface area contributed by atoms with Crippen LogP contribution in [-0.4, -0.2) is 27.5 Å². The number of hydrogen-bond donors (Lipinski definition) is 1. The molecule has 0 unspecified atom stereocenters. The lowest BCUT2D eigenvalue weighted by molar-refractivity contribution is -0.114. The van der Waals surface area contributed by atoms with Crippen LogP contribution in [-0.2, 0) is 20.6 Å². The van der Waals surface area contributed by atoms with Crippen molar-refractivity contribution in [3.05, 3.63) is 114 Å². The maximum atomic E-state index is 13.6. The van der Waals surface area contributed by atoms with Gasteiger partial charge in [-0.25, -0.2) is 8.42 Å². The first-order valence-corrected chi connectivity index (χ1v) is 14.7. The molecule has 0 atom stereocenters. The smallest absolute Gasteiger partial charge is 0.264 e. The molecule has 0 saturated heterocycles. The summed E-state index contributed by atoms with van der Waals surface area (Å²) in [5.41, 5.74) is 3.04.